The number of rotatable bonds is 8. The van der Waals surface area contributed by atoms with Crippen LogP contribution in [0.3, 0.4) is 0 Å². The van der Waals surface area contributed by atoms with E-state index in [9.17, 15) is 0 Å². The maximum absolute atomic E-state index is 6.68. The minimum atomic E-state index is -0.241. The van der Waals surface area contributed by atoms with Gasteiger partial charge in [0.2, 0.25) is 5.89 Å². The number of oxazole rings is 1. The Bertz CT molecular complexity index is 4910. The first kappa shape index (κ1) is 45.0. The highest BCUT2D eigenvalue weighted by atomic mass is 32.1. The zero-order valence-electron chi connectivity index (χ0n) is 42.4. The fourth-order valence-corrected chi connectivity index (χ4v) is 12.8. The summed E-state index contributed by atoms with van der Waals surface area (Å²) in [5.41, 5.74) is 18.9. The van der Waals surface area contributed by atoms with Crippen molar-refractivity contribution in [1.82, 2.24) is 15.0 Å². The van der Waals surface area contributed by atoms with Gasteiger partial charge in [0.1, 0.15) is 5.52 Å². The van der Waals surface area contributed by atoms with Crippen molar-refractivity contribution in [3.63, 3.8) is 0 Å². The third kappa shape index (κ3) is 7.81. The van der Waals surface area contributed by atoms with Crippen molar-refractivity contribution >= 4 is 80.9 Å². The van der Waals surface area contributed by atoms with Gasteiger partial charge in [-0.3, -0.25) is 0 Å². The third-order valence-electron chi connectivity index (χ3n) is 15.5. The number of anilines is 1. The lowest BCUT2D eigenvalue weighted by molar-refractivity contribution is 0.262. The van der Waals surface area contributed by atoms with E-state index < -0.39 is 0 Å². The number of thiophene rings is 1. The van der Waals surface area contributed by atoms with E-state index in [1.54, 1.807) is 0 Å². The van der Waals surface area contributed by atoms with Crippen LogP contribution in [0.15, 0.2) is 259 Å². The molecular weight excluding hydrogens is 985 g/mol. The predicted octanol–water partition coefficient (Wildman–Crippen LogP) is 19.6. The number of aromatic nitrogens is 3. The molecule has 16 rings (SSSR count). The van der Waals surface area contributed by atoms with Crippen LogP contribution in [0.2, 0.25) is 0 Å². The second-order valence-corrected chi connectivity index (χ2v) is 21.4. The Labute approximate surface area is 458 Å². The molecule has 370 valence electrons. The van der Waals surface area contributed by atoms with Crippen molar-refractivity contribution in [3.05, 3.63) is 260 Å². The molecule has 6 nitrogen and oxygen atoms in total. The number of benzene rings is 12. The minimum absolute atomic E-state index is 0.241. The molecule has 1 unspecified atom stereocenters. The summed E-state index contributed by atoms with van der Waals surface area (Å²) >= 11 is 1.86. The Morgan fingerprint density at radius 3 is 1.77 bits per heavy atom. The number of hydrogen-bond donors (Lipinski definition) is 1. The first-order valence-corrected chi connectivity index (χ1v) is 27.4. The van der Waals surface area contributed by atoms with E-state index in [1.165, 1.54) is 31.3 Å². The molecule has 0 radical (unpaired) electrons. The molecule has 12 aromatic carbocycles. The third-order valence-corrected chi connectivity index (χ3v) is 16.7. The van der Waals surface area contributed by atoms with E-state index in [4.69, 9.17) is 24.1 Å². The van der Waals surface area contributed by atoms with E-state index in [0.29, 0.717) is 5.89 Å². The van der Waals surface area contributed by atoms with Crippen LogP contribution < -0.4 is 10.1 Å². The van der Waals surface area contributed by atoms with Gasteiger partial charge in [-0.1, -0.05) is 188 Å². The van der Waals surface area contributed by atoms with Crippen LogP contribution in [-0.4, -0.2) is 15.0 Å². The Morgan fingerprint density at radius 1 is 0.367 bits per heavy atom. The lowest BCUT2D eigenvalue weighted by Crippen LogP contribution is -2.09. The monoisotopic (exact) mass is 1030 g/mol. The van der Waals surface area contributed by atoms with E-state index in [0.717, 1.165) is 122 Å². The van der Waals surface area contributed by atoms with Crippen molar-refractivity contribution in [1.29, 1.82) is 0 Å². The second kappa shape index (κ2) is 18.2. The van der Waals surface area contributed by atoms with E-state index in [-0.39, 0.29) is 6.23 Å². The summed E-state index contributed by atoms with van der Waals surface area (Å²) in [5.74, 6) is 1.45. The van der Waals surface area contributed by atoms with Gasteiger partial charge in [-0.05, 0) is 122 Å². The molecular formula is C72H44N4O2S. The highest BCUT2D eigenvalue weighted by molar-refractivity contribution is 7.26. The number of nitrogens with zero attached hydrogens (tertiary/aromatic N) is 3. The standard InChI is InChI=1S/C72H44N4O2S/c1-3-12-46(13-4-1)66-67(55-19-10-17-50(39-55)52-31-27-45-32-36-62-68(60(45)41-52)77-71(75-62)47-14-5-2-6-15-47)73-61-35-34-53(42-64(61)74-66)43-24-28-48(29-25-43)72-76-63-37-33-44-26-30-51(40-59(44)69(63)78-72)49-16-9-18-54(38-49)56-21-11-22-58-57-20-7-8-23-65(57)79-70(56)58/h1-42,71,75H. The molecule has 79 heavy (non-hydrogen) atoms. The average Bonchev–Trinajstić information content (AvgIpc) is 4.42. The normalized spacial score (nSPS) is 13.1. The molecule has 0 fully saturated rings. The van der Waals surface area contributed by atoms with Crippen LogP contribution in [-0.2, 0) is 0 Å². The van der Waals surface area contributed by atoms with Crippen LogP contribution in [0.5, 0.6) is 5.75 Å². The molecule has 7 heteroatoms. The Balaban J connectivity index is 0.698. The molecule has 4 heterocycles. The molecule has 0 saturated carbocycles. The van der Waals surface area contributed by atoms with Crippen molar-refractivity contribution in [3.8, 4) is 84.2 Å². The SMILES string of the molecule is c1ccc(-c2nc3cc(-c4ccc(-c5nc6ccc7ccc(-c8cccc(-c9cccc%10c9sc9ccccc9%10)c8)cc7c6o5)cc4)ccc3nc2-c2cccc(-c3ccc4ccc5c(c4c3)OC(c3ccccc3)N5)c2)cc1. The predicted molar refractivity (Wildman–Crippen MR) is 326 cm³/mol. The number of nitrogens with one attached hydrogen (secondary N) is 1. The van der Waals surface area contributed by atoms with E-state index >= 15 is 0 Å². The Morgan fingerprint density at radius 2 is 0.937 bits per heavy atom. The fraction of sp³-hybridized carbons (Fsp3) is 0.0139. The molecule has 0 bridgehead atoms. The number of hydrogen-bond acceptors (Lipinski definition) is 7. The quantitative estimate of drug-likeness (QED) is 0.163. The van der Waals surface area contributed by atoms with Gasteiger partial charge in [0.25, 0.3) is 0 Å². The van der Waals surface area contributed by atoms with Gasteiger partial charge in [-0.25, -0.2) is 15.0 Å². The summed E-state index contributed by atoms with van der Waals surface area (Å²) in [5, 5.41) is 10.5. The molecule has 0 amide bonds. The first-order valence-electron chi connectivity index (χ1n) is 26.6. The maximum Gasteiger partial charge on any atom is 0.227 e. The average molecular weight is 1030 g/mol. The highest BCUT2D eigenvalue weighted by Crippen LogP contribution is 2.46. The van der Waals surface area contributed by atoms with Gasteiger partial charge < -0.3 is 14.5 Å². The maximum atomic E-state index is 6.68. The van der Waals surface area contributed by atoms with Gasteiger partial charge in [0.05, 0.1) is 28.1 Å². The van der Waals surface area contributed by atoms with E-state index in [2.05, 4.69) is 236 Å². The van der Waals surface area contributed by atoms with Crippen molar-refractivity contribution in [2.45, 2.75) is 6.23 Å². The summed E-state index contributed by atoms with van der Waals surface area (Å²) in [4.78, 5) is 15.8. The number of fused-ring (bicyclic) bond motifs is 10. The summed E-state index contributed by atoms with van der Waals surface area (Å²) in [7, 11) is 0. The van der Waals surface area contributed by atoms with Crippen LogP contribution in [0.25, 0.3) is 142 Å². The molecule has 1 aliphatic rings. The molecule has 0 saturated heterocycles. The lowest BCUT2D eigenvalue weighted by atomic mass is 9.96. The Hall–Kier alpha value is -10.2. The van der Waals surface area contributed by atoms with Crippen molar-refractivity contribution < 1.29 is 9.15 Å². The summed E-state index contributed by atoms with van der Waals surface area (Å²) in [6, 6.07) is 89.9. The van der Waals surface area contributed by atoms with Crippen molar-refractivity contribution in [2.75, 3.05) is 5.32 Å². The topological polar surface area (TPSA) is 73.1 Å². The van der Waals surface area contributed by atoms with Gasteiger partial charge in [0, 0.05) is 53.2 Å². The molecule has 0 aliphatic carbocycles. The van der Waals surface area contributed by atoms with Gasteiger partial charge in [-0.15, -0.1) is 11.3 Å². The van der Waals surface area contributed by atoms with Crippen LogP contribution in [0, 0.1) is 0 Å². The van der Waals surface area contributed by atoms with Crippen LogP contribution in [0.4, 0.5) is 5.69 Å². The first-order chi connectivity index (χ1) is 39.1. The molecule has 1 aliphatic heterocycles. The summed E-state index contributed by atoms with van der Waals surface area (Å²) < 4.78 is 15.9. The Kier molecular flexibility index (Phi) is 10.4. The second-order valence-electron chi connectivity index (χ2n) is 20.3. The van der Waals surface area contributed by atoms with Crippen LogP contribution >= 0.6 is 11.3 Å². The summed E-state index contributed by atoms with van der Waals surface area (Å²) in [6.45, 7) is 0. The zero-order valence-corrected chi connectivity index (χ0v) is 43.2. The highest BCUT2D eigenvalue weighted by Gasteiger charge is 2.26. The minimum Gasteiger partial charge on any atom is -0.464 e. The van der Waals surface area contributed by atoms with Gasteiger partial charge in [0.15, 0.2) is 17.6 Å². The molecule has 1 N–H and O–H groups in total. The molecule has 3 aromatic heterocycles. The van der Waals surface area contributed by atoms with Gasteiger partial charge >= 0.3 is 0 Å². The molecule has 1 atom stereocenters. The zero-order chi connectivity index (χ0) is 52.0. The van der Waals surface area contributed by atoms with Gasteiger partial charge in [-0.2, -0.15) is 0 Å². The molecule has 15 aromatic rings. The van der Waals surface area contributed by atoms with E-state index in [1.807, 2.05) is 35.6 Å². The van der Waals surface area contributed by atoms with Crippen LogP contribution in [0.1, 0.15) is 11.8 Å². The number of ether oxygens (including phenoxy) is 1. The smallest absolute Gasteiger partial charge is 0.227 e. The lowest BCUT2D eigenvalue weighted by Gasteiger charge is -2.13. The molecule has 0 spiro atoms. The summed E-state index contributed by atoms with van der Waals surface area (Å²) in [6.07, 6.45) is -0.241. The fourth-order valence-electron chi connectivity index (χ4n) is 11.5. The van der Waals surface area contributed by atoms with Crippen molar-refractivity contribution in [2.24, 2.45) is 0 Å². The largest absolute Gasteiger partial charge is 0.464 e.